The number of carbonyl (C=O) groups excluding carboxylic acids is 1. The van der Waals surface area contributed by atoms with Gasteiger partial charge in [-0.3, -0.25) is 4.79 Å². The second-order valence-electron chi connectivity index (χ2n) is 7.94. The molecule has 0 bridgehead atoms. The number of benzene rings is 2. The Bertz CT molecular complexity index is 1160. The number of alkyl halides is 3. The van der Waals surface area contributed by atoms with Crippen LogP contribution in [0.15, 0.2) is 47.0 Å². The van der Waals surface area contributed by atoms with Crippen molar-refractivity contribution in [2.45, 2.75) is 38.5 Å². The van der Waals surface area contributed by atoms with E-state index in [1.807, 2.05) is 13.8 Å². The van der Waals surface area contributed by atoms with Crippen LogP contribution in [0.1, 0.15) is 37.6 Å². The number of methoxy groups -OCH3 is 1. The van der Waals surface area contributed by atoms with E-state index in [0.29, 0.717) is 22.9 Å². The van der Waals surface area contributed by atoms with Gasteiger partial charge in [0.1, 0.15) is 0 Å². The molecular weight excluding hydrogens is 439 g/mol. The Morgan fingerprint density at radius 1 is 1.15 bits per heavy atom. The smallest absolute Gasteiger partial charge is 0.416 e. The summed E-state index contributed by atoms with van der Waals surface area (Å²) in [6, 6.07) is 9.93. The number of carbonyl (C=O) groups is 1. The first-order chi connectivity index (χ1) is 15.7. The van der Waals surface area contributed by atoms with Crippen molar-refractivity contribution < 1.29 is 32.0 Å². The van der Waals surface area contributed by atoms with E-state index in [-0.39, 0.29) is 36.6 Å². The monoisotopic (exact) mass is 461 g/mol. The average Bonchev–Trinajstić information content (AvgIpc) is 3.40. The number of hydrogen-bond acceptors (Lipinski definition) is 6. The molecule has 2 heterocycles. The van der Waals surface area contributed by atoms with E-state index in [0.717, 1.165) is 12.1 Å². The van der Waals surface area contributed by atoms with Gasteiger partial charge in [-0.1, -0.05) is 11.2 Å². The Balaban J connectivity index is 1.54. The zero-order valence-corrected chi connectivity index (χ0v) is 18.2. The Labute approximate surface area is 188 Å². The Kier molecular flexibility index (Phi) is 6.01. The largest absolute Gasteiger partial charge is 0.493 e. The zero-order valence-electron chi connectivity index (χ0n) is 18.2. The maximum atomic E-state index is 13.0. The molecule has 1 saturated heterocycles. The number of anilines is 1. The summed E-state index contributed by atoms with van der Waals surface area (Å²) in [4.78, 5) is 18.3. The van der Waals surface area contributed by atoms with Crippen LogP contribution in [0, 0.1) is 0 Å². The molecule has 10 heteroatoms. The number of halogens is 3. The van der Waals surface area contributed by atoms with E-state index in [1.54, 1.807) is 18.2 Å². The van der Waals surface area contributed by atoms with Crippen LogP contribution in [-0.2, 0) is 11.0 Å². The van der Waals surface area contributed by atoms with Crippen LogP contribution in [0.25, 0.3) is 11.4 Å². The van der Waals surface area contributed by atoms with Gasteiger partial charge in [0.15, 0.2) is 11.5 Å². The molecule has 1 aliphatic rings. The minimum absolute atomic E-state index is 0.0267. The first kappa shape index (κ1) is 22.6. The molecule has 33 heavy (non-hydrogen) atoms. The van der Waals surface area contributed by atoms with E-state index < -0.39 is 17.7 Å². The molecule has 0 radical (unpaired) electrons. The summed E-state index contributed by atoms with van der Waals surface area (Å²) < 4.78 is 55.6. The maximum absolute atomic E-state index is 13.0. The Morgan fingerprint density at radius 2 is 1.94 bits per heavy atom. The highest BCUT2D eigenvalue weighted by Gasteiger charge is 2.37. The van der Waals surface area contributed by atoms with Crippen LogP contribution >= 0.6 is 0 Å². The molecule has 0 N–H and O–H groups in total. The molecule has 4 rings (SSSR count). The lowest BCUT2D eigenvalue weighted by molar-refractivity contribution is -0.137. The predicted octanol–water partition coefficient (Wildman–Crippen LogP) is 5.07. The van der Waals surface area contributed by atoms with E-state index >= 15 is 0 Å². The van der Waals surface area contributed by atoms with Crippen molar-refractivity contribution in [1.29, 1.82) is 0 Å². The number of nitrogens with zero attached hydrogens (tertiary/aromatic N) is 3. The maximum Gasteiger partial charge on any atom is 0.416 e. The van der Waals surface area contributed by atoms with Crippen molar-refractivity contribution in [2.75, 3.05) is 18.6 Å². The summed E-state index contributed by atoms with van der Waals surface area (Å²) in [5.74, 6) is 0.908. The fourth-order valence-electron chi connectivity index (χ4n) is 3.65. The normalized spacial score (nSPS) is 16.5. The van der Waals surface area contributed by atoms with Gasteiger partial charge in [-0.05, 0) is 50.2 Å². The van der Waals surface area contributed by atoms with Crippen molar-refractivity contribution >= 4 is 11.6 Å². The first-order valence-electron chi connectivity index (χ1n) is 10.3. The molecule has 2 aromatic carbocycles. The third-order valence-corrected chi connectivity index (χ3v) is 5.19. The third kappa shape index (κ3) is 4.79. The lowest BCUT2D eigenvalue weighted by Crippen LogP contribution is -2.24. The van der Waals surface area contributed by atoms with E-state index in [2.05, 4.69) is 10.1 Å². The molecule has 0 aliphatic carbocycles. The standard InChI is InChI=1S/C23H22F3N3O4/c1-13(2)32-18-8-7-14(9-19(18)31-3)21-27-22(33-28-21)15-10-20(30)29(12-15)17-6-4-5-16(11-17)23(24,25)26/h4-9,11,13,15H,10,12H2,1-3H3. The van der Waals surface area contributed by atoms with Gasteiger partial charge >= 0.3 is 6.18 Å². The molecule has 1 fully saturated rings. The van der Waals surface area contributed by atoms with Crippen LogP contribution in [-0.4, -0.2) is 35.8 Å². The van der Waals surface area contributed by atoms with Crippen LogP contribution in [0.2, 0.25) is 0 Å². The summed E-state index contributed by atoms with van der Waals surface area (Å²) in [6.07, 6.45) is -4.46. The van der Waals surface area contributed by atoms with Gasteiger partial charge in [0.05, 0.1) is 24.7 Å². The lowest BCUT2D eigenvalue weighted by atomic mass is 10.1. The molecule has 1 aromatic heterocycles. The van der Waals surface area contributed by atoms with Crippen molar-refractivity contribution in [3.8, 4) is 22.9 Å². The van der Waals surface area contributed by atoms with Gasteiger partial charge in [-0.25, -0.2) is 0 Å². The van der Waals surface area contributed by atoms with Crippen LogP contribution in [0.4, 0.5) is 18.9 Å². The predicted molar refractivity (Wildman–Crippen MR) is 113 cm³/mol. The molecule has 7 nitrogen and oxygen atoms in total. The number of amides is 1. The lowest BCUT2D eigenvalue weighted by Gasteiger charge is -2.17. The first-order valence-corrected chi connectivity index (χ1v) is 10.3. The zero-order chi connectivity index (χ0) is 23.8. The second-order valence-corrected chi connectivity index (χ2v) is 7.94. The second kappa shape index (κ2) is 8.76. The Morgan fingerprint density at radius 3 is 2.64 bits per heavy atom. The van der Waals surface area contributed by atoms with Gasteiger partial charge in [0.2, 0.25) is 17.6 Å². The summed E-state index contributed by atoms with van der Waals surface area (Å²) in [7, 11) is 1.53. The van der Waals surface area contributed by atoms with Crippen LogP contribution < -0.4 is 14.4 Å². The molecule has 1 atom stereocenters. The van der Waals surface area contributed by atoms with Crippen molar-refractivity contribution in [3.05, 3.63) is 53.9 Å². The molecule has 1 aliphatic heterocycles. The summed E-state index contributed by atoms with van der Waals surface area (Å²) in [5.41, 5.74) is 0.00900. The molecule has 0 spiro atoms. The number of ether oxygens (including phenoxy) is 2. The van der Waals surface area contributed by atoms with E-state index in [1.165, 1.54) is 24.1 Å². The molecule has 3 aromatic rings. The molecule has 0 saturated carbocycles. The SMILES string of the molecule is COc1cc(-c2noc(C3CC(=O)N(c4cccc(C(F)(F)F)c4)C3)n2)ccc1OC(C)C. The summed E-state index contributed by atoms with van der Waals surface area (Å²) >= 11 is 0. The summed E-state index contributed by atoms with van der Waals surface area (Å²) in [6.45, 7) is 3.96. The highest BCUT2D eigenvalue weighted by Crippen LogP contribution is 2.37. The van der Waals surface area contributed by atoms with Crippen molar-refractivity contribution in [3.63, 3.8) is 0 Å². The fraction of sp³-hybridized carbons (Fsp3) is 0.348. The minimum atomic E-state index is -4.49. The van der Waals surface area contributed by atoms with Crippen LogP contribution in [0.5, 0.6) is 11.5 Å². The molecule has 1 unspecified atom stereocenters. The fourth-order valence-corrected chi connectivity index (χ4v) is 3.65. The van der Waals surface area contributed by atoms with Gasteiger partial charge in [-0.15, -0.1) is 0 Å². The number of rotatable bonds is 6. The average molecular weight is 461 g/mol. The third-order valence-electron chi connectivity index (χ3n) is 5.19. The van der Waals surface area contributed by atoms with Crippen molar-refractivity contribution in [2.24, 2.45) is 0 Å². The highest BCUT2D eigenvalue weighted by atomic mass is 19.4. The van der Waals surface area contributed by atoms with Crippen molar-refractivity contribution in [1.82, 2.24) is 10.1 Å². The molecule has 1 amide bonds. The number of aromatic nitrogens is 2. The Hall–Kier alpha value is -3.56. The summed E-state index contributed by atoms with van der Waals surface area (Å²) in [5, 5.41) is 4.01. The molecular formula is C23H22F3N3O4. The molecule has 174 valence electrons. The number of hydrogen-bond donors (Lipinski definition) is 0. The quantitative estimate of drug-likeness (QED) is 0.510. The highest BCUT2D eigenvalue weighted by molar-refractivity contribution is 5.96. The van der Waals surface area contributed by atoms with Gasteiger partial charge in [0.25, 0.3) is 0 Å². The van der Waals surface area contributed by atoms with Gasteiger partial charge in [0, 0.05) is 24.2 Å². The van der Waals surface area contributed by atoms with Gasteiger partial charge in [-0.2, -0.15) is 18.2 Å². The van der Waals surface area contributed by atoms with E-state index in [4.69, 9.17) is 14.0 Å². The minimum Gasteiger partial charge on any atom is -0.493 e. The van der Waals surface area contributed by atoms with E-state index in [9.17, 15) is 18.0 Å². The van der Waals surface area contributed by atoms with Crippen LogP contribution in [0.3, 0.4) is 0 Å². The topological polar surface area (TPSA) is 77.7 Å². The van der Waals surface area contributed by atoms with Gasteiger partial charge < -0.3 is 18.9 Å².